The van der Waals surface area contributed by atoms with E-state index in [0.29, 0.717) is 25.9 Å². The SMILES string of the molecule is CC(=O)O[C@H]1C[C@@H](OC2CCCCO2)[C@H](C=CC(=O)C(F)(F)CCC(C)C)[C@H]1CCCCCCC(=O)OC(C)C. The molecule has 0 aromatic heterocycles. The van der Waals surface area contributed by atoms with Crippen LogP contribution in [-0.4, -0.2) is 54.9 Å². The lowest BCUT2D eigenvalue weighted by Gasteiger charge is -2.29. The molecule has 0 bridgehead atoms. The Morgan fingerprint density at radius 2 is 1.75 bits per heavy atom. The molecule has 1 aliphatic heterocycles. The number of unbranched alkanes of at least 4 members (excludes halogenated alkanes) is 3. The van der Waals surface area contributed by atoms with Gasteiger partial charge in [0.05, 0.1) is 12.2 Å². The van der Waals surface area contributed by atoms with Gasteiger partial charge in [-0.1, -0.05) is 39.2 Å². The van der Waals surface area contributed by atoms with E-state index < -0.39 is 42.6 Å². The first kappa shape index (κ1) is 34.3. The Kier molecular flexibility index (Phi) is 14.7. The minimum Gasteiger partial charge on any atom is -0.463 e. The highest BCUT2D eigenvalue weighted by atomic mass is 19.3. The predicted molar refractivity (Wildman–Crippen MR) is 148 cm³/mol. The molecule has 7 nitrogen and oxygen atoms in total. The Morgan fingerprint density at radius 3 is 2.38 bits per heavy atom. The van der Waals surface area contributed by atoms with Gasteiger partial charge in [-0.25, -0.2) is 0 Å². The third-order valence-corrected chi connectivity index (χ3v) is 7.55. The zero-order chi connectivity index (χ0) is 29.7. The van der Waals surface area contributed by atoms with Crippen LogP contribution in [0.15, 0.2) is 12.2 Å². The number of hydrogen-bond donors (Lipinski definition) is 0. The van der Waals surface area contributed by atoms with Crippen molar-refractivity contribution >= 4 is 17.7 Å². The van der Waals surface area contributed by atoms with Crippen molar-refractivity contribution in [2.75, 3.05) is 6.61 Å². The molecule has 2 aliphatic rings. The van der Waals surface area contributed by atoms with Gasteiger partial charge in [0.1, 0.15) is 6.10 Å². The van der Waals surface area contributed by atoms with Crippen molar-refractivity contribution in [3.63, 3.8) is 0 Å². The molecule has 2 rings (SSSR count). The van der Waals surface area contributed by atoms with E-state index in [0.717, 1.165) is 51.0 Å². The molecule has 9 heteroatoms. The highest BCUT2D eigenvalue weighted by Gasteiger charge is 2.46. The van der Waals surface area contributed by atoms with Crippen LogP contribution in [0.1, 0.15) is 112 Å². The lowest BCUT2D eigenvalue weighted by atomic mass is 9.87. The second-order valence-corrected chi connectivity index (χ2v) is 11.9. The van der Waals surface area contributed by atoms with E-state index in [4.69, 9.17) is 18.9 Å². The second kappa shape index (κ2) is 17.2. The summed E-state index contributed by atoms with van der Waals surface area (Å²) in [5.41, 5.74) is 0. The number of carbonyl (C=O) groups is 3. The Bertz CT molecular complexity index is 821. The van der Waals surface area contributed by atoms with Gasteiger partial charge in [0.2, 0.25) is 5.78 Å². The highest BCUT2D eigenvalue weighted by Crippen LogP contribution is 2.42. The first-order valence-corrected chi connectivity index (χ1v) is 15.1. The number of alkyl halides is 2. The molecule has 230 valence electrons. The Balaban J connectivity index is 2.10. The van der Waals surface area contributed by atoms with E-state index in [1.807, 2.05) is 27.7 Å². The van der Waals surface area contributed by atoms with Gasteiger partial charge >= 0.3 is 17.9 Å². The zero-order valence-electron chi connectivity index (χ0n) is 25.0. The van der Waals surface area contributed by atoms with E-state index in [2.05, 4.69) is 0 Å². The number of hydrogen-bond acceptors (Lipinski definition) is 7. The van der Waals surface area contributed by atoms with E-state index in [1.54, 1.807) is 6.08 Å². The topological polar surface area (TPSA) is 88.1 Å². The largest absolute Gasteiger partial charge is 0.463 e. The lowest BCUT2D eigenvalue weighted by molar-refractivity contribution is -0.193. The van der Waals surface area contributed by atoms with Crippen molar-refractivity contribution in [3.8, 4) is 0 Å². The zero-order valence-corrected chi connectivity index (χ0v) is 25.0. The van der Waals surface area contributed by atoms with Gasteiger partial charge < -0.3 is 18.9 Å². The third kappa shape index (κ3) is 12.3. The van der Waals surface area contributed by atoms with Crippen LogP contribution in [0, 0.1) is 17.8 Å². The molecule has 1 unspecified atom stereocenters. The summed E-state index contributed by atoms with van der Waals surface area (Å²) < 4.78 is 52.0. The molecule has 0 amide bonds. The Hall–Kier alpha value is -1.87. The molecule has 2 fully saturated rings. The summed E-state index contributed by atoms with van der Waals surface area (Å²) in [5.74, 6) is -5.73. The lowest BCUT2D eigenvalue weighted by Crippen LogP contribution is -2.31. The summed E-state index contributed by atoms with van der Waals surface area (Å²) in [6, 6.07) is 0. The summed E-state index contributed by atoms with van der Waals surface area (Å²) >= 11 is 0. The number of esters is 2. The molecule has 0 aromatic rings. The number of allylic oxidation sites excluding steroid dienone is 1. The molecule has 0 N–H and O–H groups in total. The fourth-order valence-corrected chi connectivity index (χ4v) is 5.48. The van der Waals surface area contributed by atoms with E-state index in [1.165, 1.54) is 6.92 Å². The van der Waals surface area contributed by atoms with Crippen LogP contribution in [0.3, 0.4) is 0 Å². The van der Waals surface area contributed by atoms with Crippen molar-refractivity contribution in [1.29, 1.82) is 0 Å². The molecule has 0 aromatic carbocycles. The molecule has 1 heterocycles. The minimum atomic E-state index is -3.43. The average molecular weight is 573 g/mol. The average Bonchev–Trinajstić information content (AvgIpc) is 3.18. The monoisotopic (exact) mass is 572 g/mol. The van der Waals surface area contributed by atoms with E-state index in [-0.39, 0.29) is 36.2 Å². The molecular weight excluding hydrogens is 522 g/mol. The fourth-order valence-electron chi connectivity index (χ4n) is 5.48. The standard InChI is InChI=1S/C31H50F2O7/c1-21(2)17-18-31(32,33)28(35)16-15-25-24(12-8-6-7-9-13-29(36)38-22(3)4)26(39-23(5)34)20-27(25)40-30-14-10-11-19-37-30/h15-16,21-22,24-27,30H,6-14,17-20H2,1-5H3/t24-,25-,26+,27-,30?/m1/s1. The molecule has 40 heavy (non-hydrogen) atoms. The molecule has 0 radical (unpaired) electrons. The molecule has 1 saturated heterocycles. The van der Waals surface area contributed by atoms with E-state index in [9.17, 15) is 23.2 Å². The van der Waals surface area contributed by atoms with Crippen molar-refractivity contribution in [3.05, 3.63) is 12.2 Å². The number of ketones is 1. The van der Waals surface area contributed by atoms with Crippen LogP contribution in [0.5, 0.6) is 0 Å². The van der Waals surface area contributed by atoms with Gasteiger partial charge in [-0.2, -0.15) is 8.78 Å². The maximum Gasteiger partial charge on any atom is 0.309 e. The number of rotatable bonds is 17. The van der Waals surface area contributed by atoms with E-state index >= 15 is 0 Å². The number of carbonyl (C=O) groups excluding carboxylic acids is 3. The Labute approximate surface area is 238 Å². The van der Waals surface area contributed by atoms with Crippen LogP contribution < -0.4 is 0 Å². The highest BCUT2D eigenvalue weighted by molar-refractivity contribution is 5.95. The van der Waals surface area contributed by atoms with Crippen molar-refractivity contribution in [2.45, 2.75) is 142 Å². The van der Waals surface area contributed by atoms with Crippen LogP contribution in [-0.2, 0) is 33.3 Å². The van der Waals surface area contributed by atoms with Crippen LogP contribution in [0.4, 0.5) is 8.78 Å². The van der Waals surface area contributed by atoms with Crippen LogP contribution >= 0.6 is 0 Å². The number of ether oxygens (including phenoxy) is 4. The first-order chi connectivity index (χ1) is 18.9. The second-order valence-electron chi connectivity index (χ2n) is 11.9. The summed E-state index contributed by atoms with van der Waals surface area (Å²) in [6.07, 6.45) is 8.28. The van der Waals surface area contributed by atoms with Gasteiger partial charge in [0, 0.05) is 44.6 Å². The number of halogens is 2. The van der Waals surface area contributed by atoms with Crippen LogP contribution in [0.2, 0.25) is 0 Å². The maximum absolute atomic E-state index is 14.6. The van der Waals surface area contributed by atoms with Crippen molar-refractivity contribution < 1.29 is 42.1 Å². The van der Waals surface area contributed by atoms with Crippen molar-refractivity contribution in [1.82, 2.24) is 0 Å². The maximum atomic E-state index is 14.6. The fraction of sp³-hybridized carbons (Fsp3) is 0.839. The Morgan fingerprint density at radius 1 is 1.02 bits per heavy atom. The predicted octanol–water partition coefficient (Wildman–Crippen LogP) is 6.96. The smallest absolute Gasteiger partial charge is 0.309 e. The van der Waals surface area contributed by atoms with Gasteiger partial charge in [0.15, 0.2) is 6.29 Å². The normalized spacial score (nSPS) is 25.6. The van der Waals surface area contributed by atoms with Gasteiger partial charge in [-0.05, 0) is 64.4 Å². The quantitative estimate of drug-likeness (QED) is 0.106. The first-order valence-electron chi connectivity index (χ1n) is 15.1. The summed E-state index contributed by atoms with van der Waals surface area (Å²) in [6.45, 7) is 9.29. The summed E-state index contributed by atoms with van der Waals surface area (Å²) in [4.78, 5) is 36.2. The van der Waals surface area contributed by atoms with Gasteiger partial charge in [0.25, 0.3) is 0 Å². The van der Waals surface area contributed by atoms with Crippen molar-refractivity contribution in [2.24, 2.45) is 17.8 Å². The summed E-state index contributed by atoms with van der Waals surface area (Å²) in [7, 11) is 0. The molecule has 1 aliphatic carbocycles. The van der Waals surface area contributed by atoms with Crippen LogP contribution in [0.25, 0.3) is 0 Å². The minimum absolute atomic E-state index is 0.0699. The molecule has 1 saturated carbocycles. The third-order valence-electron chi connectivity index (χ3n) is 7.55. The van der Waals surface area contributed by atoms with Gasteiger partial charge in [-0.15, -0.1) is 0 Å². The molecular formula is C31H50F2O7. The van der Waals surface area contributed by atoms with Gasteiger partial charge in [-0.3, -0.25) is 14.4 Å². The molecule has 0 spiro atoms. The molecule has 5 atom stereocenters. The summed E-state index contributed by atoms with van der Waals surface area (Å²) in [5, 5.41) is 0.